The number of anilines is 1. The maximum Gasteiger partial charge on any atom is 0.325 e. The van der Waals surface area contributed by atoms with Crippen molar-refractivity contribution in [1.82, 2.24) is 10.1 Å². The third-order valence-corrected chi connectivity index (χ3v) is 5.64. The topological polar surface area (TPSA) is 122 Å². The lowest BCUT2D eigenvalue weighted by molar-refractivity contribution is -0.763. The maximum atomic E-state index is 13.1. The van der Waals surface area contributed by atoms with Gasteiger partial charge >= 0.3 is 11.3 Å². The van der Waals surface area contributed by atoms with Crippen LogP contribution in [0.1, 0.15) is 25.6 Å². The molecular weight excluding hydrogens is 434 g/mol. The van der Waals surface area contributed by atoms with Crippen LogP contribution in [0.25, 0.3) is 11.3 Å². The number of benzene rings is 2. The van der Waals surface area contributed by atoms with E-state index in [9.17, 15) is 19.7 Å². The van der Waals surface area contributed by atoms with Gasteiger partial charge in [0.05, 0.1) is 28.3 Å². The second-order valence-corrected chi connectivity index (χ2v) is 7.74. The number of hydrogen-bond donors (Lipinski definition) is 1. The third kappa shape index (κ3) is 3.50. The van der Waals surface area contributed by atoms with Crippen LogP contribution in [0.15, 0.2) is 52.4 Å². The van der Waals surface area contributed by atoms with Crippen molar-refractivity contribution in [2.45, 2.75) is 25.2 Å². The average Bonchev–Trinajstić information content (AvgIpc) is 2.77. The number of aromatic amines is 1. The molecule has 0 spiro atoms. The highest BCUT2D eigenvalue weighted by Gasteiger charge is 2.46. The van der Waals surface area contributed by atoms with Gasteiger partial charge in [-0.3, -0.25) is 24.7 Å². The van der Waals surface area contributed by atoms with Crippen molar-refractivity contribution in [3.8, 4) is 17.0 Å². The number of non-ortho nitro benzene ring substituents is 1. The Labute approximate surface area is 187 Å². The molecule has 164 valence electrons. The van der Waals surface area contributed by atoms with Gasteiger partial charge in [-0.25, -0.2) is 4.90 Å². The predicted octanol–water partition coefficient (Wildman–Crippen LogP) is 2.67. The number of fused-ring (bicyclic) bond motifs is 3. The lowest BCUT2D eigenvalue weighted by Crippen LogP contribution is -2.60. The van der Waals surface area contributed by atoms with Crippen LogP contribution in [-0.4, -0.2) is 33.8 Å². The van der Waals surface area contributed by atoms with Gasteiger partial charge in [-0.1, -0.05) is 23.9 Å². The Kier molecular flexibility index (Phi) is 5.66. The van der Waals surface area contributed by atoms with Crippen LogP contribution in [0.5, 0.6) is 5.75 Å². The molecule has 0 saturated carbocycles. The number of hydrogen-bond acceptors (Lipinski definition) is 7. The van der Waals surface area contributed by atoms with E-state index in [0.717, 1.165) is 0 Å². The van der Waals surface area contributed by atoms with E-state index in [2.05, 4.69) is 10.1 Å². The number of rotatable bonds is 5. The van der Waals surface area contributed by atoms with Gasteiger partial charge in [0.25, 0.3) is 11.9 Å². The molecule has 0 saturated heterocycles. The first-order chi connectivity index (χ1) is 15.4. The van der Waals surface area contributed by atoms with E-state index in [-0.39, 0.29) is 22.8 Å². The number of carbonyl (C=O) groups excluding carboxylic acids is 1. The summed E-state index contributed by atoms with van der Waals surface area (Å²) < 4.78 is 7.19. The second kappa shape index (κ2) is 8.42. The van der Waals surface area contributed by atoms with Crippen molar-refractivity contribution >= 4 is 29.0 Å². The molecule has 0 bridgehead atoms. The van der Waals surface area contributed by atoms with E-state index in [0.29, 0.717) is 34.3 Å². The Bertz CT molecular complexity index is 1290. The predicted molar refractivity (Wildman–Crippen MR) is 118 cm³/mol. The summed E-state index contributed by atoms with van der Waals surface area (Å²) in [5, 5.41) is 16.4. The van der Waals surface area contributed by atoms with Crippen LogP contribution in [0.2, 0.25) is 0 Å². The Morgan fingerprint density at radius 3 is 2.75 bits per heavy atom. The molecule has 11 heteroatoms. The Morgan fingerprint density at radius 1 is 1.34 bits per heavy atom. The minimum atomic E-state index is -0.966. The summed E-state index contributed by atoms with van der Waals surface area (Å²) in [5.74, 6) is 0.0438. The first-order valence-electron chi connectivity index (χ1n) is 9.77. The van der Waals surface area contributed by atoms with Gasteiger partial charge in [0.2, 0.25) is 11.1 Å². The molecule has 2 heterocycles. The van der Waals surface area contributed by atoms with E-state index >= 15 is 0 Å². The van der Waals surface area contributed by atoms with Crippen molar-refractivity contribution in [3.05, 3.63) is 68.5 Å². The van der Waals surface area contributed by atoms with E-state index in [4.69, 9.17) is 4.74 Å². The summed E-state index contributed by atoms with van der Waals surface area (Å²) in [4.78, 5) is 41.2. The lowest BCUT2D eigenvalue weighted by atomic mass is 10.0. The number of para-hydroxylation sites is 1. The summed E-state index contributed by atoms with van der Waals surface area (Å²) >= 11 is 1.24. The standard InChI is InChI=1S/C21H19N5O5S/c1-4-31-17-10-9-13(26(29)30)11-15(17)20-24(12(2)27)16-8-6-5-7-14(16)18-19(28)22-21(32-3)23-25(18)20/h5-11,20H,4H2,1-3H3/p+1/t20-/m1/s1. The zero-order valence-electron chi connectivity index (χ0n) is 17.6. The minimum absolute atomic E-state index is 0.164. The van der Waals surface area contributed by atoms with Gasteiger partial charge in [-0.2, -0.15) is 0 Å². The first kappa shape index (κ1) is 21.5. The van der Waals surface area contributed by atoms with Crippen molar-refractivity contribution < 1.29 is 19.1 Å². The Hall–Kier alpha value is -3.73. The Balaban J connectivity index is 2.12. The average molecular weight is 454 g/mol. The molecule has 1 aliphatic heterocycles. The number of aromatic nitrogens is 3. The number of amides is 1. The molecule has 1 atom stereocenters. The zero-order chi connectivity index (χ0) is 23.0. The summed E-state index contributed by atoms with van der Waals surface area (Å²) in [6.45, 7) is 3.50. The third-order valence-electron chi connectivity index (χ3n) is 5.07. The first-order valence-corrected chi connectivity index (χ1v) is 11.0. The highest BCUT2D eigenvalue weighted by Crippen LogP contribution is 2.40. The molecule has 0 radical (unpaired) electrons. The monoisotopic (exact) mass is 454 g/mol. The highest BCUT2D eigenvalue weighted by atomic mass is 32.2. The van der Waals surface area contributed by atoms with E-state index in [1.807, 2.05) is 0 Å². The van der Waals surface area contributed by atoms with Crippen LogP contribution in [0, 0.1) is 10.1 Å². The van der Waals surface area contributed by atoms with Crippen molar-refractivity contribution in [3.63, 3.8) is 0 Å². The smallest absolute Gasteiger partial charge is 0.325 e. The summed E-state index contributed by atoms with van der Waals surface area (Å²) in [6, 6.07) is 11.2. The van der Waals surface area contributed by atoms with Gasteiger partial charge in [0, 0.05) is 24.2 Å². The molecule has 2 aromatic carbocycles. The molecule has 1 amide bonds. The van der Waals surface area contributed by atoms with Gasteiger partial charge < -0.3 is 4.74 Å². The fourth-order valence-electron chi connectivity index (χ4n) is 3.82. The van der Waals surface area contributed by atoms with Crippen LogP contribution in [0.3, 0.4) is 0 Å². The minimum Gasteiger partial charge on any atom is -0.493 e. The zero-order valence-corrected chi connectivity index (χ0v) is 18.4. The molecule has 0 unspecified atom stereocenters. The van der Waals surface area contributed by atoms with Crippen molar-refractivity contribution in [2.75, 3.05) is 17.8 Å². The van der Waals surface area contributed by atoms with Gasteiger partial charge in [0.15, 0.2) is 0 Å². The number of nitrogens with zero attached hydrogens (tertiary/aromatic N) is 4. The highest BCUT2D eigenvalue weighted by molar-refractivity contribution is 7.98. The number of ether oxygens (including phenoxy) is 1. The van der Waals surface area contributed by atoms with E-state index < -0.39 is 11.1 Å². The van der Waals surface area contributed by atoms with Crippen LogP contribution >= 0.6 is 11.8 Å². The summed E-state index contributed by atoms with van der Waals surface area (Å²) in [5.41, 5.74) is 1.08. The molecular formula is C21H20N5O5S+. The molecule has 32 heavy (non-hydrogen) atoms. The van der Waals surface area contributed by atoms with Crippen LogP contribution in [-0.2, 0) is 4.79 Å². The molecule has 1 aliphatic rings. The largest absolute Gasteiger partial charge is 0.493 e. The number of carbonyl (C=O) groups is 1. The Morgan fingerprint density at radius 2 is 2.09 bits per heavy atom. The van der Waals surface area contributed by atoms with Crippen LogP contribution in [0.4, 0.5) is 11.4 Å². The van der Waals surface area contributed by atoms with Crippen LogP contribution < -0.4 is 19.9 Å². The SMILES string of the molecule is CCOc1ccc([N+](=O)[O-])cc1[C@@H]1N(C(C)=O)c2ccccc2-c2c(=O)[nH]c(SC)n[n+]21. The van der Waals surface area contributed by atoms with E-state index in [1.165, 1.54) is 46.5 Å². The fourth-order valence-corrected chi connectivity index (χ4v) is 4.19. The summed E-state index contributed by atoms with van der Waals surface area (Å²) in [6.07, 6.45) is 0.797. The quantitative estimate of drug-likeness (QED) is 0.272. The van der Waals surface area contributed by atoms with Crippen molar-refractivity contribution in [2.24, 2.45) is 0 Å². The van der Waals surface area contributed by atoms with Gasteiger partial charge in [-0.05, 0) is 36.1 Å². The van der Waals surface area contributed by atoms with Gasteiger partial charge in [0.1, 0.15) is 5.75 Å². The molecule has 3 aromatic rings. The second-order valence-electron chi connectivity index (χ2n) is 6.95. The molecule has 0 fully saturated rings. The molecule has 10 nitrogen and oxygen atoms in total. The number of nitro benzene ring substituents is 1. The molecule has 1 N–H and O–H groups in total. The van der Waals surface area contributed by atoms with E-state index in [1.54, 1.807) is 37.4 Å². The summed E-state index contributed by atoms with van der Waals surface area (Å²) in [7, 11) is 0. The maximum absolute atomic E-state index is 13.1. The molecule has 4 rings (SSSR count). The fraction of sp³-hybridized carbons (Fsp3) is 0.238. The number of nitrogens with one attached hydrogen (secondary N) is 1. The number of H-pyrrole nitrogens is 1. The number of thioether (sulfide) groups is 1. The normalized spacial score (nSPS) is 14.5. The molecule has 1 aromatic heterocycles. The van der Waals surface area contributed by atoms with Gasteiger partial charge in [-0.15, -0.1) is 0 Å². The number of nitro groups is 1. The molecule has 0 aliphatic carbocycles. The van der Waals surface area contributed by atoms with Crippen molar-refractivity contribution in [1.29, 1.82) is 0 Å². The lowest BCUT2D eigenvalue weighted by Gasteiger charge is -2.31.